The summed E-state index contributed by atoms with van der Waals surface area (Å²) in [4.78, 5) is 12.2. The van der Waals surface area contributed by atoms with Gasteiger partial charge in [-0.1, -0.05) is 63.5 Å². The monoisotopic (exact) mass is 220 g/mol. The molecular weight excluding hydrogens is 203 g/mol. The number of carbonyl (C=O) groups excluding carboxylic acids is 1. The minimum Gasteiger partial charge on any atom is -0.293 e. The van der Waals surface area contributed by atoms with Crippen LogP contribution in [0.15, 0.2) is 42.7 Å². The predicted molar refractivity (Wildman–Crippen MR) is 67.7 cm³/mol. The Morgan fingerprint density at radius 2 is 1.80 bits per heavy atom. The largest absolute Gasteiger partial charge is 0.293 e. The lowest BCUT2D eigenvalue weighted by atomic mass is 9.99. The van der Waals surface area contributed by atoms with Crippen molar-refractivity contribution in [1.29, 1.82) is 0 Å². The van der Waals surface area contributed by atoms with E-state index in [1.807, 2.05) is 51.1 Å². The van der Waals surface area contributed by atoms with Crippen molar-refractivity contribution in [3.63, 3.8) is 0 Å². The van der Waals surface area contributed by atoms with Gasteiger partial charge in [0, 0.05) is 13.3 Å². The Balaban J connectivity index is 3.01. The molecule has 1 aromatic rings. The van der Waals surface area contributed by atoms with Crippen LogP contribution in [0.25, 0.3) is 0 Å². The van der Waals surface area contributed by atoms with E-state index < -0.39 is 7.92 Å². The number of benzene rings is 1. The van der Waals surface area contributed by atoms with Gasteiger partial charge >= 0.3 is 0 Å². The molecule has 0 N–H and O–H groups in total. The fourth-order valence-corrected chi connectivity index (χ4v) is 3.08. The van der Waals surface area contributed by atoms with Crippen molar-refractivity contribution in [1.82, 2.24) is 0 Å². The normalized spacial score (nSPS) is 13.3. The van der Waals surface area contributed by atoms with Crippen LogP contribution in [-0.4, -0.2) is 5.52 Å². The van der Waals surface area contributed by atoms with E-state index in [1.165, 1.54) is 0 Å². The molecule has 1 unspecified atom stereocenters. The molecule has 0 fully saturated rings. The second-order valence-electron chi connectivity index (χ2n) is 4.44. The summed E-state index contributed by atoms with van der Waals surface area (Å²) in [5.41, 5.74) is -0.0193. The van der Waals surface area contributed by atoms with Gasteiger partial charge in [-0.25, -0.2) is 0 Å². The van der Waals surface area contributed by atoms with Gasteiger partial charge in [-0.15, -0.1) is 0 Å². The van der Waals surface area contributed by atoms with Gasteiger partial charge < -0.3 is 0 Å². The van der Waals surface area contributed by atoms with Crippen LogP contribution >= 0.6 is 7.92 Å². The second kappa shape index (κ2) is 4.72. The van der Waals surface area contributed by atoms with Crippen LogP contribution in [0.2, 0.25) is 0 Å². The van der Waals surface area contributed by atoms with Gasteiger partial charge in [0.25, 0.3) is 0 Å². The zero-order valence-electron chi connectivity index (χ0n) is 9.53. The van der Waals surface area contributed by atoms with E-state index in [1.54, 1.807) is 5.82 Å². The van der Waals surface area contributed by atoms with E-state index in [-0.39, 0.29) is 10.9 Å². The number of carbonyl (C=O) groups is 1. The molecule has 1 nitrogen and oxygen atoms in total. The first-order chi connectivity index (χ1) is 6.96. The summed E-state index contributed by atoms with van der Waals surface area (Å²) >= 11 is 0. The average Bonchev–Trinajstić information content (AvgIpc) is 2.19. The van der Waals surface area contributed by atoms with Gasteiger partial charge in [-0.2, -0.15) is 0 Å². The number of hydrogen-bond acceptors (Lipinski definition) is 1. The molecule has 0 aromatic heterocycles. The van der Waals surface area contributed by atoms with E-state index >= 15 is 0 Å². The molecule has 0 saturated carbocycles. The Morgan fingerprint density at radius 3 is 2.20 bits per heavy atom. The Labute approximate surface area is 93.0 Å². The lowest BCUT2D eigenvalue weighted by Gasteiger charge is -2.22. The maximum Gasteiger partial charge on any atom is 0.168 e. The molecular formula is C13H17OP. The molecule has 1 rings (SSSR count). The van der Waals surface area contributed by atoms with Crippen LogP contribution in [-0.2, 0) is 4.79 Å². The average molecular weight is 220 g/mol. The van der Waals surface area contributed by atoms with Crippen LogP contribution in [0.4, 0.5) is 0 Å². The van der Waals surface area contributed by atoms with Gasteiger partial charge in [0.05, 0.1) is 0 Å². The molecule has 1 atom stereocenters. The number of rotatable bonds is 3. The van der Waals surface area contributed by atoms with E-state index in [2.05, 4.69) is 6.58 Å². The molecule has 0 radical (unpaired) electrons. The highest BCUT2D eigenvalue weighted by atomic mass is 31.1. The lowest BCUT2D eigenvalue weighted by Crippen LogP contribution is -2.21. The third kappa shape index (κ3) is 3.00. The maximum absolute atomic E-state index is 12.2. The van der Waals surface area contributed by atoms with Crippen molar-refractivity contribution in [3.05, 3.63) is 42.7 Å². The topological polar surface area (TPSA) is 17.1 Å². The van der Waals surface area contributed by atoms with E-state index in [0.29, 0.717) is 0 Å². The van der Waals surface area contributed by atoms with Crippen molar-refractivity contribution >= 4 is 18.8 Å². The first kappa shape index (κ1) is 12.1. The first-order valence-corrected chi connectivity index (χ1v) is 6.39. The summed E-state index contributed by atoms with van der Waals surface area (Å²) in [5, 5.41) is 1.09. The van der Waals surface area contributed by atoms with Gasteiger partial charge in [-0.05, 0) is 5.30 Å². The van der Waals surface area contributed by atoms with E-state index in [0.717, 1.165) is 5.30 Å². The molecule has 0 saturated heterocycles. The van der Waals surface area contributed by atoms with Crippen molar-refractivity contribution in [2.75, 3.05) is 0 Å². The second-order valence-corrected chi connectivity index (χ2v) is 6.47. The summed E-state index contributed by atoms with van der Waals surface area (Å²) in [5.74, 6) is 1.79. The van der Waals surface area contributed by atoms with Crippen molar-refractivity contribution in [2.45, 2.75) is 20.8 Å². The lowest BCUT2D eigenvalue weighted by molar-refractivity contribution is -0.117. The maximum atomic E-state index is 12.2. The van der Waals surface area contributed by atoms with Crippen LogP contribution in [0.3, 0.4) is 0 Å². The summed E-state index contributed by atoms with van der Waals surface area (Å²) in [7, 11) is -0.878. The highest BCUT2D eigenvalue weighted by molar-refractivity contribution is 7.84. The predicted octanol–water partition coefficient (Wildman–Crippen LogP) is 3.51. The molecule has 0 bridgehead atoms. The zero-order valence-corrected chi connectivity index (χ0v) is 10.4. The summed E-state index contributed by atoms with van der Waals surface area (Å²) in [6.07, 6.45) is 0. The van der Waals surface area contributed by atoms with Crippen LogP contribution in [0, 0.1) is 5.41 Å². The Hall–Kier alpha value is -0.940. The fourth-order valence-electron chi connectivity index (χ4n) is 1.26. The quantitative estimate of drug-likeness (QED) is 0.712. The minimum atomic E-state index is -0.878. The first-order valence-electron chi connectivity index (χ1n) is 4.98. The van der Waals surface area contributed by atoms with Gasteiger partial charge in [0.15, 0.2) is 5.52 Å². The smallest absolute Gasteiger partial charge is 0.168 e. The highest BCUT2D eigenvalue weighted by Gasteiger charge is 2.28. The van der Waals surface area contributed by atoms with Crippen LogP contribution < -0.4 is 5.30 Å². The zero-order chi connectivity index (χ0) is 11.5. The van der Waals surface area contributed by atoms with E-state index in [9.17, 15) is 4.79 Å². The Morgan fingerprint density at radius 1 is 1.27 bits per heavy atom. The molecule has 1 aromatic carbocycles. The summed E-state index contributed by atoms with van der Waals surface area (Å²) in [6, 6.07) is 9.88. The van der Waals surface area contributed by atoms with Gasteiger partial charge in [0.1, 0.15) is 0 Å². The molecule has 0 heterocycles. The number of hydrogen-bond donors (Lipinski definition) is 0. The van der Waals surface area contributed by atoms with Crippen molar-refractivity contribution in [3.8, 4) is 0 Å². The van der Waals surface area contributed by atoms with Crippen LogP contribution in [0.1, 0.15) is 20.8 Å². The molecule has 0 aliphatic carbocycles. The molecule has 0 aliphatic heterocycles. The fraction of sp³-hybridized carbons (Fsp3) is 0.308. The molecule has 80 valence electrons. The SMILES string of the molecule is C=CP(C(=O)C(C)(C)C)c1ccccc1. The van der Waals surface area contributed by atoms with Crippen molar-refractivity contribution < 1.29 is 4.79 Å². The highest BCUT2D eigenvalue weighted by Crippen LogP contribution is 2.43. The van der Waals surface area contributed by atoms with Gasteiger partial charge in [0.2, 0.25) is 0 Å². The Bertz CT molecular complexity index is 349. The van der Waals surface area contributed by atoms with Crippen LogP contribution in [0.5, 0.6) is 0 Å². The third-order valence-corrected chi connectivity index (χ3v) is 4.41. The molecule has 15 heavy (non-hydrogen) atoms. The minimum absolute atomic E-state index is 0.277. The Kier molecular flexibility index (Phi) is 3.82. The van der Waals surface area contributed by atoms with E-state index in [4.69, 9.17) is 0 Å². The standard InChI is InChI=1S/C13H17OP/c1-5-15(12(14)13(2,3)4)11-9-7-6-8-10-11/h5-10H,1H2,2-4H3. The molecule has 2 heteroatoms. The molecule has 0 aliphatic rings. The molecule has 0 amide bonds. The summed E-state index contributed by atoms with van der Waals surface area (Å²) in [6.45, 7) is 9.65. The van der Waals surface area contributed by atoms with Gasteiger partial charge in [-0.3, -0.25) is 4.79 Å². The summed E-state index contributed by atoms with van der Waals surface area (Å²) < 4.78 is 0. The third-order valence-electron chi connectivity index (χ3n) is 2.08. The molecule has 0 spiro atoms. The van der Waals surface area contributed by atoms with Crippen molar-refractivity contribution in [2.24, 2.45) is 5.41 Å².